The second-order valence-corrected chi connectivity index (χ2v) is 4.41. The first-order chi connectivity index (χ1) is 7.77. The Morgan fingerprint density at radius 3 is 2.88 bits per heavy atom. The minimum absolute atomic E-state index is 0.305. The van der Waals surface area contributed by atoms with E-state index in [9.17, 15) is 4.79 Å². The summed E-state index contributed by atoms with van der Waals surface area (Å²) in [5.41, 5.74) is 0.961. The van der Waals surface area contributed by atoms with E-state index in [4.69, 9.17) is 5.11 Å². The molecule has 2 aromatic rings. The summed E-state index contributed by atoms with van der Waals surface area (Å²) < 4.78 is 0. The van der Waals surface area contributed by atoms with Crippen LogP contribution in [0, 0.1) is 0 Å². The van der Waals surface area contributed by atoms with Crippen LogP contribution in [0.2, 0.25) is 0 Å². The highest BCUT2D eigenvalue weighted by atomic mass is 32.1. The summed E-state index contributed by atoms with van der Waals surface area (Å²) in [5.74, 6) is -0.908. The fourth-order valence-electron chi connectivity index (χ4n) is 1.53. The number of rotatable bonds is 4. The Labute approximate surface area is 97.4 Å². The summed E-state index contributed by atoms with van der Waals surface area (Å²) >= 11 is 1.68. The molecule has 2 heterocycles. The van der Waals surface area contributed by atoms with E-state index in [1.165, 1.54) is 4.88 Å². The maximum atomic E-state index is 10.9. The molecule has 0 aliphatic rings. The van der Waals surface area contributed by atoms with Gasteiger partial charge in [0.15, 0.2) is 0 Å². The molecule has 82 valence electrons. The minimum Gasteiger partial charge on any atom is -0.478 e. The molecular formula is C12H11NO2S. The highest BCUT2D eigenvalue weighted by molar-refractivity contribution is 7.09. The highest BCUT2D eigenvalue weighted by Gasteiger charge is 2.10. The van der Waals surface area contributed by atoms with Gasteiger partial charge in [-0.2, -0.15) is 0 Å². The second kappa shape index (κ2) is 4.90. The van der Waals surface area contributed by atoms with E-state index in [-0.39, 0.29) is 0 Å². The van der Waals surface area contributed by atoms with E-state index in [1.54, 1.807) is 29.7 Å². The highest BCUT2D eigenvalue weighted by Crippen LogP contribution is 2.13. The summed E-state index contributed by atoms with van der Waals surface area (Å²) in [5, 5.41) is 11.0. The Morgan fingerprint density at radius 2 is 2.19 bits per heavy atom. The average Bonchev–Trinajstić information content (AvgIpc) is 2.79. The fourth-order valence-corrected chi connectivity index (χ4v) is 2.24. The van der Waals surface area contributed by atoms with Crippen LogP contribution in [0.1, 0.15) is 20.9 Å². The molecule has 0 amide bonds. The lowest BCUT2D eigenvalue weighted by Crippen LogP contribution is -2.05. The third-order valence-corrected chi connectivity index (χ3v) is 3.25. The number of carboxylic acid groups (broad SMARTS) is 1. The van der Waals surface area contributed by atoms with Crippen molar-refractivity contribution in [2.75, 3.05) is 0 Å². The van der Waals surface area contributed by atoms with Gasteiger partial charge in [0.2, 0.25) is 0 Å². The summed E-state index contributed by atoms with van der Waals surface area (Å²) in [7, 11) is 0. The molecule has 16 heavy (non-hydrogen) atoms. The van der Waals surface area contributed by atoms with Crippen LogP contribution in [0.3, 0.4) is 0 Å². The molecule has 0 atom stereocenters. The molecule has 0 spiro atoms. The van der Waals surface area contributed by atoms with Gasteiger partial charge in [-0.15, -0.1) is 11.3 Å². The van der Waals surface area contributed by atoms with E-state index in [2.05, 4.69) is 4.98 Å². The van der Waals surface area contributed by atoms with E-state index in [0.717, 1.165) is 6.42 Å². The number of pyridine rings is 1. The van der Waals surface area contributed by atoms with Crippen molar-refractivity contribution in [1.29, 1.82) is 0 Å². The Morgan fingerprint density at radius 1 is 1.31 bits per heavy atom. The molecule has 2 aromatic heterocycles. The van der Waals surface area contributed by atoms with E-state index in [1.807, 2.05) is 17.5 Å². The van der Waals surface area contributed by atoms with Crippen molar-refractivity contribution in [3.05, 3.63) is 52.0 Å². The molecule has 0 radical (unpaired) electrons. The summed E-state index contributed by atoms with van der Waals surface area (Å²) in [6.45, 7) is 0. The predicted octanol–water partition coefficient (Wildman–Crippen LogP) is 2.63. The number of aromatic carboxylic acids is 1. The van der Waals surface area contributed by atoms with E-state index < -0.39 is 5.97 Å². The van der Waals surface area contributed by atoms with Gasteiger partial charge in [-0.25, -0.2) is 4.79 Å². The monoisotopic (exact) mass is 233 g/mol. The molecule has 0 saturated heterocycles. The number of aryl methyl sites for hydroxylation is 2. The minimum atomic E-state index is -0.908. The van der Waals surface area contributed by atoms with Crippen molar-refractivity contribution < 1.29 is 9.90 Å². The molecule has 0 bridgehead atoms. The number of carboxylic acids is 1. The second-order valence-electron chi connectivity index (χ2n) is 3.38. The van der Waals surface area contributed by atoms with Crippen LogP contribution in [0.4, 0.5) is 0 Å². The largest absolute Gasteiger partial charge is 0.478 e. The average molecular weight is 233 g/mol. The molecule has 3 nitrogen and oxygen atoms in total. The quantitative estimate of drug-likeness (QED) is 0.883. The SMILES string of the molecule is O=C(O)c1cccnc1CCc1cccs1. The molecule has 4 heteroatoms. The summed E-state index contributed by atoms with van der Waals surface area (Å²) in [6, 6.07) is 7.29. The zero-order chi connectivity index (χ0) is 11.4. The van der Waals surface area contributed by atoms with Crippen molar-refractivity contribution in [2.24, 2.45) is 0 Å². The van der Waals surface area contributed by atoms with Gasteiger partial charge in [0, 0.05) is 11.1 Å². The van der Waals surface area contributed by atoms with Crippen LogP contribution in [0.15, 0.2) is 35.8 Å². The standard InChI is InChI=1S/C12H11NO2S/c14-12(15)10-4-1-7-13-11(10)6-5-9-3-2-8-16-9/h1-4,7-8H,5-6H2,(H,14,15). The first-order valence-corrected chi connectivity index (χ1v) is 5.85. The van der Waals surface area contributed by atoms with Crippen molar-refractivity contribution in [1.82, 2.24) is 4.98 Å². The van der Waals surface area contributed by atoms with Gasteiger partial charge >= 0.3 is 5.97 Å². The zero-order valence-electron chi connectivity index (χ0n) is 8.59. The van der Waals surface area contributed by atoms with Gasteiger partial charge in [-0.1, -0.05) is 6.07 Å². The molecule has 0 aliphatic carbocycles. The van der Waals surface area contributed by atoms with Crippen LogP contribution < -0.4 is 0 Å². The Kier molecular flexibility index (Phi) is 3.31. The van der Waals surface area contributed by atoms with E-state index >= 15 is 0 Å². The van der Waals surface area contributed by atoms with Crippen LogP contribution in [-0.2, 0) is 12.8 Å². The van der Waals surface area contributed by atoms with Gasteiger partial charge < -0.3 is 5.11 Å². The number of thiophene rings is 1. The number of nitrogens with zero attached hydrogens (tertiary/aromatic N) is 1. The van der Waals surface area contributed by atoms with Crippen LogP contribution in [0.5, 0.6) is 0 Å². The molecule has 0 unspecified atom stereocenters. The maximum Gasteiger partial charge on any atom is 0.337 e. The molecule has 0 aromatic carbocycles. The van der Waals surface area contributed by atoms with Crippen molar-refractivity contribution in [3.8, 4) is 0 Å². The predicted molar refractivity (Wildman–Crippen MR) is 62.9 cm³/mol. The zero-order valence-corrected chi connectivity index (χ0v) is 9.41. The normalized spacial score (nSPS) is 10.2. The van der Waals surface area contributed by atoms with Crippen molar-refractivity contribution in [2.45, 2.75) is 12.8 Å². The van der Waals surface area contributed by atoms with Gasteiger partial charge in [-0.05, 0) is 36.4 Å². The van der Waals surface area contributed by atoms with Gasteiger partial charge in [0.05, 0.1) is 11.3 Å². The maximum absolute atomic E-state index is 10.9. The lowest BCUT2D eigenvalue weighted by Gasteiger charge is -2.03. The first-order valence-electron chi connectivity index (χ1n) is 4.97. The number of aromatic nitrogens is 1. The fraction of sp³-hybridized carbons (Fsp3) is 0.167. The lowest BCUT2D eigenvalue weighted by molar-refractivity contribution is 0.0695. The smallest absolute Gasteiger partial charge is 0.337 e. The van der Waals surface area contributed by atoms with Crippen molar-refractivity contribution >= 4 is 17.3 Å². The Balaban J connectivity index is 2.12. The van der Waals surface area contributed by atoms with Crippen LogP contribution in [-0.4, -0.2) is 16.1 Å². The van der Waals surface area contributed by atoms with Crippen LogP contribution in [0.25, 0.3) is 0 Å². The number of hydrogen-bond donors (Lipinski definition) is 1. The van der Waals surface area contributed by atoms with Gasteiger partial charge in [0.25, 0.3) is 0 Å². The topological polar surface area (TPSA) is 50.2 Å². The third kappa shape index (κ3) is 2.46. The van der Waals surface area contributed by atoms with E-state index in [0.29, 0.717) is 17.7 Å². The molecule has 0 aliphatic heterocycles. The lowest BCUT2D eigenvalue weighted by atomic mass is 10.1. The number of carbonyl (C=O) groups is 1. The molecule has 1 N–H and O–H groups in total. The molecule has 0 saturated carbocycles. The molecule has 2 rings (SSSR count). The van der Waals surface area contributed by atoms with Crippen molar-refractivity contribution in [3.63, 3.8) is 0 Å². The Hall–Kier alpha value is -1.68. The summed E-state index contributed by atoms with van der Waals surface area (Å²) in [6.07, 6.45) is 3.15. The number of hydrogen-bond acceptors (Lipinski definition) is 3. The molecular weight excluding hydrogens is 222 g/mol. The Bertz CT molecular complexity index is 480. The third-order valence-electron chi connectivity index (χ3n) is 2.31. The first kappa shape index (κ1) is 10.8. The van der Waals surface area contributed by atoms with Crippen LogP contribution >= 0.6 is 11.3 Å². The van der Waals surface area contributed by atoms with Gasteiger partial charge in [0.1, 0.15) is 0 Å². The molecule has 0 fully saturated rings. The summed E-state index contributed by atoms with van der Waals surface area (Å²) in [4.78, 5) is 16.3. The van der Waals surface area contributed by atoms with Gasteiger partial charge in [-0.3, -0.25) is 4.98 Å².